The Morgan fingerprint density at radius 2 is 1.93 bits per heavy atom. The fourth-order valence-corrected chi connectivity index (χ4v) is 1.26. The summed E-state index contributed by atoms with van der Waals surface area (Å²) in [4.78, 5) is 12.8. The van der Waals surface area contributed by atoms with Crippen molar-refractivity contribution in [3.8, 4) is 0 Å². The first kappa shape index (κ1) is 10.7. The van der Waals surface area contributed by atoms with Crippen LogP contribution in [-0.4, -0.2) is 17.4 Å². The average Bonchev–Trinajstić information content (AvgIpc) is 2.16. The smallest absolute Gasteiger partial charge is 0.219 e. The van der Waals surface area contributed by atoms with Crippen molar-refractivity contribution in [3.63, 3.8) is 0 Å². The summed E-state index contributed by atoms with van der Waals surface area (Å²) in [6, 6.07) is 6.20. The summed E-state index contributed by atoms with van der Waals surface area (Å²) in [5, 5.41) is 0. The Kier molecular flexibility index (Phi) is 3.63. The Morgan fingerprint density at radius 3 is 2.36 bits per heavy atom. The third kappa shape index (κ3) is 2.83. The molecule has 3 heteroatoms. The van der Waals surface area contributed by atoms with Crippen LogP contribution in [0, 0.1) is 5.82 Å². The van der Waals surface area contributed by atoms with Gasteiger partial charge in [-0.3, -0.25) is 4.79 Å². The van der Waals surface area contributed by atoms with Gasteiger partial charge < -0.3 is 4.90 Å². The normalized spacial score (nSPS) is 9.93. The van der Waals surface area contributed by atoms with Crippen LogP contribution in [0.15, 0.2) is 24.3 Å². The zero-order valence-corrected chi connectivity index (χ0v) is 8.46. The van der Waals surface area contributed by atoms with E-state index in [-0.39, 0.29) is 11.7 Å². The van der Waals surface area contributed by atoms with Gasteiger partial charge in [-0.05, 0) is 24.6 Å². The first-order valence-electron chi connectivity index (χ1n) is 4.63. The molecule has 1 aromatic carbocycles. The molecule has 0 aliphatic heterocycles. The lowest BCUT2D eigenvalue weighted by Crippen LogP contribution is -2.27. The van der Waals surface area contributed by atoms with Crippen LogP contribution >= 0.6 is 0 Å². The van der Waals surface area contributed by atoms with Crippen LogP contribution < -0.4 is 0 Å². The van der Waals surface area contributed by atoms with Gasteiger partial charge in [0.25, 0.3) is 0 Å². The average molecular weight is 195 g/mol. The largest absolute Gasteiger partial charge is 0.339 e. The lowest BCUT2D eigenvalue weighted by atomic mass is 10.2. The fraction of sp³-hybridized carbons (Fsp3) is 0.364. The highest BCUT2D eigenvalue weighted by molar-refractivity contribution is 5.73. The predicted molar refractivity (Wildman–Crippen MR) is 53.2 cm³/mol. The Morgan fingerprint density at radius 1 is 1.36 bits per heavy atom. The lowest BCUT2D eigenvalue weighted by Gasteiger charge is -2.18. The van der Waals surface area contributed by atoms with Gasteiger partial charge in [-0.2, -0.15) is 0 Å². The Hall–Kier alpha value is -1.38. The first-order chi connectivity index (χ1) is 6.63. The molecule has 1 aromatic rings. The van der Waals surface area contributed by atoms with Gasteiger partial charge in [-0.15, -0.1) is 0 Å². The molecule has 0 aliphatic rings. The van der Waals surface area contributed by atoms with Crippen LogP contribution in [0.25, 0.3) is 0 Å². The van der Waals surface area contributed by atoms with Crippen molar-refractivity contribution in [2.75, 3.05) is 6.54 Å². The molecule has 0 radical (unpaired) electrons. The highest BCUT2D eigenvalue weighted by atomic mass is 19.1. The maximum Gasteiger partial charge on any atom is 0.219 e. The van der Waals surface area contributed by atoms with Crippen molar-refractivity contribution >= 4 is 5.91 Å². The van der Waals surface area contributed by atoms with Crippen LogP contribution in [-0.2, 0) is 11.3 Å². The van der Waals surface area contributed by atoms with Crippen molar-refractivity contribution in [1.29, 1.82) is 0 Å². The van der Waals surface area contributed by atoms with Gasteiger partial charge in [0.15, 0.2) is 0 Å². The molecule has 1 rings (SSSR count). The van der Waals surface area contributed by atoms with Crippen molar-refractivity contribution in [1.82, 2.24) is 4.90 Å². The Balaban J connectivity index is 2.67. The molecular formula is C11H14FNO. The molecule has 0 saturated heterocycles. The first-order valence-corrected chi connectivity index (χ1v) is 4.63. The summed E-state index contributed by atoms with van der Waals surface area (Å²) >= 11 is 0. The fourth-order valence-electron chi connectivity index (χ4n) is 1.26. The summed E-state index contributed by atoms with van der Waals surface area (Å²) in [6.07, 6.45) is 0. The van der Waals surface area contributed by atoms with Gasteiger partial charge >= 0.3 is 0 Å². The second-order valence-corrected chi connectivity index (χ2v) is 3.16. The number of halogens is 1. The van der Waals surface area contributed by atoms with E-state index < -0.39 is 0 Å². The molecule has 0 aliphatic carbocycles. The van der Waals surface area contributed by atoms with E-state index in [4.69, 9.17) is 0 Å². The Bertz CT molecular complexity index is 308. The van der Waals surface area contributed by atoms with E-state index in [9.17, 15) is 9.18 Å². The number of amides is 1. The Labute approximate surface area is 83.3 Å². The second-order valence-electron chi connectivity index (χ2n) is 3.16. The van der Waals surface area contributed by atoms with Crippen LogP contribution in [0.1, 0.15) is 19.4 Å². The molecule has 14 heavy (non-hydrogen) atoms. The van der Waals surface area contributed by atoms with Crippen LogP contribution in [0.2, 0.25) is 0 Å². The molecule has 0 saturated carbocycles. The third-order valence-electron chi connectivity index (χ3n) is 2.11. The molecule has 1 amide bonds. The third-order valence-corrected chi connectivity index (χ3v) is 2.11. The molecule has 0 atom stereocenters. The van der Waals surface area contributed by atoms with E-state index in [2.05, 4.69) is 0 Å². The predicted octanol–water partition coefficient (Wildman–Crippen LogP) is 2.19. The second kappa shape index (κ2) is 4.74. The van der Waals surface area contributed by atoms with E-state index in [1.54, 1.807) is 17.0 Å². The summed E-state index contributed by atoms with van der Waals surface area (Å²) < 4.78 is 12.6. The number of rotatable bonds is 3. The number of hydrogen-bond donors (Lipinski definition) is 0. The number of hydrogen-bond acceptors (Lipinski definition) is 1. The standard InChI is InChI=1S/C11H14FNO/c1-3-13(9(2)14)8-10-4-6-11(12)7-5-10/h4-7H,3,8H2,1-2H3. The lowest BCUT2D eigenvalue weighted by molar-refractivity contribution is -0.129. The zero-order chi connectivity index (χ0) is 10.6. The number of carbonyl (C=O) groups is 1. The molecule has 0 spiro atoms. The SMILES string of the molecule is CCN(Cc1ccc(F)cc1)C(C)=O. The van der Waals surface area contributed by atoms with E-state index in [0.29, 0.717) is 13.1 Å². The minimum absolute atomic E-state index is 0.0387. The minimum Gasteiger partial charge on any atom is -0.339 e. The van der Waals surface area contributed by atoms with Gasteiger partial charge in [0.05, 0.1) is 0 Å². The van der Waals surface area contributed by atoms with Crippen molar-refractivity contribution in [3.05, 3.63) is 35.6 Å². The maximum absolute atomic E-state index is 12.6. The van der Waals surface area contributed by atoms with E-state index in [1.807, 2.05) is 6.92 Å². The molecular weight excluding hydrogens is 181 g/mol. The molecule has 0 heterocycles. The quantitative estimate of drug-likeness (QED) is 0.724. The zero-order valence-electron chi connectivity index (χ0n) is 8.46. The van der Waals surface area contributed by atoms with Gasteiger partial charge in [-0.1, -0.05) is 12.1 Å². The van der Waals surface area contributed by atoms with Gasteiger partial charge in [0.2, 0.25) is 5.91 Å². The molecule has 0 bridgehead atoms. The highest BCUT2D eigenvalue weighted by Crippen LogP contribution is 2.06. The summed E-state index contributed by atoms with van der Waals surface area (Å²) in [6.45, 7) is 4.68. The monoisotopic (exact) mass is 195 g/mol. The molecule has 0 fully saturated rings. The molecule has 0 aromatic heterocycles. The summed E-state index contributed by atoms with van der Waals surface area (Å²) in [7, 11) is 0. The van der Waals surface area contributed by atoms with Gasteiger partial charge in [-0.25, -0.2) is 4.39 Å². The van der Waals surface area contributed by atoms with Crippen LogP contribution in [0.5, 0.6) is 0 Å². The number of benzene rings is 1. The van der Waals surface area contributed by atoms with Gasteiger partial charge in [0.1, 0.15) is 5.82 Å². The van der Waals surface area contributed by atoms with Crippen molar-refractivity contribution in [2.45, 2.75) is 20.4 Å². The van der Waals surface area contributed by atoms with Crippen molar-refractivity contribution in [2.24, 2.45) is 0 Å². The molecule has 2 nitrogen and oxygen atoms in total. The highest BCUT2D eigenvalue weighted by Gasteiger charge is 2.06. The topological polar surface area (TPSA) is 20.3 Å². The molecule has 0 unspecified atom stereocenters. The molecule has 0 N–H and O–H groups in total. The van der Waals surface area contributed by atoms with E-state index >= 15 is 0 Å². The molecule has 76 valence electrons. The van der Waals surface area contributed by atoms with Crippen LogP contribution in [0.4, 0.5) is 4.39 Å². The maximum atomic E-state index is 12.6. The summed E-state index contributed by atoms with van der Waals surface area (Å²) in [5.74, 6) is -0.212. The number of nitrogens with zero attached hydrogens (tertiary/aromatic N) is 1. The number of carbonyl (C=O) groups excluding carboxylic acids is 1. The minimum atomic E-state index is -0.250. The van der Waals surface area contributed by atoms with Crippen molar-refractivity contribution < 1.29 is 9.18 Å². The van der Waals surface area contributed by atoms with Crippen LogP contribution in [0.3, 0.4) is 0 Å². The summed E-state index contributed by atoms with van der Waals surface area (Å²) in [5.41, 5.74) is 0.948. The van der Waals surface area contributed by atoms with Gasteiger partial charge in [0, 0.05) is 20.0 Å². The van der Waals surface area contributed by atoms with E-state index in [1.165, 1.54) is 19.1 Å². The van der Waals surface area contributed by atoms with E-state index in [0.717, 1.165) is 5.56 Å².